The summed E-state index contributed by atoms with van der Waals surface area (Å²) in [6.45, 7) is 0.183. The molecule has 0 aromatic carbocycles. The summed E-state index contributed by atoms with van der Waals surface area (Å²) in [5, 5.41) is 0. The first-order valence-corrected chi connectivity index (χ1v) is 7.59. The van der Waals surface area contributed by atoms with E-state index in [1.54, 1.807) is 12.1 Å². The van der Waals surface area contributed by atoms with Gasteiger partial charge in [0.15, 0.2) is 25.4 Å². The van der Waals surface area contributed by atoms with Crippen molar-refractivity contribution in [2.45, 2.75) is 6.29 Å². The van der Waals surface area contributed by atoms with Crippen molar-refractivity contribution < 1.29 is 33.2 Å². The van der Waals surface area contributed by atoms with Crippen LogP contribution in [0.15, 0.2) is 30.6 Å². The third kappa shape index (κ3) is 5.57. The van der Waals surface area contributed by atoms with Gasteiger partial charge in [-0.15, -0.1) is 0 Å². The Labute approximate surface area is 150 Å². The van der Waals surface area contributed by atoms with Gasteiger partial charge in [-0.3, -0.25) is 4.79 Å². The van der Waals surface area contributed by atoms with Gasteiger partial charge in [0.2, 0.25) is 18.1 Å². The molecule has 2 aromatic rings. The van der Waals surface area contributed by atoms with Crippen molar-refractivity contribution >= 4 is 6.29 Å². The van der Waals surface area contributed by atoms with Crippen LogP contribution in [0.5, 0.6) is 23.3 Å². The maximum Gasteiger partial charge on any atom is 0.234 e. The van der Waals surface area contributed by atoms with Crippen LogP contribution >= 0.6 is 0 Å². The Morgan fingerprint density at radius 2 is 1.88 bits per heavy atom. The Hall–Kier alpha value is -2.91. The molecule has 1 atom stereocenters. The number of aromatic nitrogens is 2. The zero-order valence-corrected chi connectivity index (χ0v) is 14.7. The second kappa shape index (κ2) is 10.2. The number of carbonyl (C=O) groups is 1. The number of aldehydes is 1. The fourth-order valence-electron chi connectivity index (χ4n) is 1.85. The highest BCUT2D eigenvalue weighted by Gasteiger charge is 2.15. The number of pyridine rings is 2. The van der Waals surface area contributed by atoms with Gasteiger partial charge in [0.1, 0.15) is 5.75 Å². The van der Waals surface area contributed by atoms with E-state index in [0.717, 1.165) is 0 Å². The second-order valence-corrected chi connectivity index (χ2v) is 4.86. The average molecular weight is 364 g/mol. The molecule has 9 heteroatoms. The molecule has 0 aliphatic heterocycles. The Kier molecular flexibility index (Phi) is 7.59. The summed E-state index contributed by atoms with van der Waals surface area (Å²) in [6, 6.07) is 4.81. The Morgan fingerprint density at radius 3 is 2.50 bits per heavy atom. The van der Waals surface area contributed by atoms with E-state index in [0.29, 0.717) is 23.8 Å². The topological polar surface area (TPSA) is 98.2 Å². The number of methoxy groups -OCH3 is 3. The lowest BCUT2D eigenvalue weighted by atomic mass is 10.2. The summed E-state index contributed by atoms with van der Waals surface area (Å²) >= 11 is 0. The molecular formula is C17H20N2O7. The average Bonchev–Trinajstić information content (AvgIpc) is 2.70. The predicted molar refractivity (Wildman–Crippen MR) is 89.8 cm³/mol. The van der Waals surface area contributed by atoms with E-state index in [1.807, 2.05) is 0 Å². The SMILES string of the molecule is COCOc1ccc(OCC(OC)Oc2cnc(OC)cc2C=O)nc1. The maximum atomic E-state index is 11.2. The quantitative estimate of drug-likeness (QED) is 0.436. The standard InChI is InChI=1S/C17H20N2O7/c1-21-11-25-13-4-5-15(18-7-13)24-10-17(23-3)26-14-8-19-16(22-2)6-12(14)9-20/h4-9,17H,10-11H2,1-3H3. The van der Waals surface area contributed by atoms with E-state index < -0.39 is 6.29 Å². The van der Waals surface area contributed by atoms with Crippen LogP contribution in [0.2, 0.25) is 0 Å². The molecule has 1 unspecified atom stereocenters. The van der Waals surface area contributed by atoms with E-state index in [1.165, 1.54) is 39.8 Å². The number of nitrogens with zero attached hydrogens (tertiary/aromatic N) is 2. The number of ether oxygens (including phenoxy) is 6. The third-order valence-corrected chi connectivity index (χ3v) is 3.15. The van der Waals surface area contributed by atoms with Gasteiger partial charge in [0, 0.05) is 26.4 Å². The Bertz CT molecular complexity index is 694. The molecule has 0 saturated carbocycles. The second-order valence-electron chi connectivity index (χ2n) is 4.86. The van der Waals surface area contributed by atoms with Crippen molar-refractivity contribution in [1.82, 2.24) is 9.97 Å². The summed E-state index contributed by atoms with van der Waals surface area (Å²) in [5.41, 5.74) is 0.289. The number of rotatable bonds is 11. The minimum Gasteiger partial charge on any atom is -0.481 e. The van der Waals surface area contributed by atoms with Crippen molar-refractivity contribution in [2.75, 3.05) is 34.7 Å². The molecule has 26 heavy (non-hydrogen) atoms. The first-order valence-electron chi connectivity index (χ1n) is 7.59. The molecule has 0 fully saturated rings. The first-order chi connectivity index (χ1) is 12.7. The summed E-state index contributed by atoms with van der Waals surface area (Å²) in [7, 11) is 4.45. The molecule has 0 spiro atoms. The van der Waals surface area contributed by atoms with E-state index >= 15 is 0 Å². The molecule has 0 N–H and O–H groups in total. The Balaban J connectivity index is 1.94. The van der Waals surface area contributed by atoms with E-state index in [9.17, 15) is 4.79 Å². The van der Waals surface area contributed by atoms with Crippen LogP contribution in [0.25, 0.3) is 0 Å². The normalized spacial score (nSPS) is 11.5. The van der Waals surface area contributed by atoms with Gasteiger partial charge < -0.3 is 28.4 Å². The predicted octanol–water partition coefficient (Wildman–Crippen LogP) is 1.71. The summed E-state index contributed by atoms with van der Waals surface area (Å²) in [4.78, 5) is 19.3. The van der Waals surface area contributed by atoms with E-state index in [2.05, 4.69) is 9.97 Å². The lowest BCUT2D eigenvalue weighted by Gasteiger charge is -2.18. The zero-order valence-electron chi connectivity index (χ0n) is 14.7. The molecule has 2 aromatic heterocycles. The van der Waals surface area contributed by atoms with Gasteiger partial charge in [-0.25, -0.2) is 9.97 Å². The van der Waals surface area contributed by atoms with Gasteiger partial charge in [-0.2, -0.15) is 0 Å². The zero-order chi connectivity index (χ0) is 18.8. The molecule has 9 nitrogen and oxygen atoms in total. The third-order valence-electron chi connectivity index (χ3n) is 3.15. The maximum absolute atomic E-state index is 11.2. The van der Waals surface area contributed by atoms with E-state index in [-0.39, 0.29) is 24.7 Å². The molecular weight excluding hydrogens is 344 g/mol. The van der Waals surface area contributed by atoms with Crippen LogP contribution in [-0.2, 0) is 9.47 Å². The van der Waals surface area contributed by atoms with Crippen molar-refractivity contribution in [3.8, 4) is 23.3 Å². The fourth-order valence-corrected chi connectivity index (χ4v) is 1.85. The lowest BCUT2D eigenvalue weighted by Crippen LogP contribution is -2.27. The fraction of sp³-hybridized carbons (Fsp3) is 0.353. The highest BCUT2D eigenvalue weighted by atomic mass is 16.7. The van der Waals surface area contributed by atoms with Crippen molar-refractivity contribution in [1.29, 1.82) is 0 Å². The number of hydrogen-bond donors (Lipinski definition) is 0. The van der Waals surface area contributed by atoms with Crippen LogP contribution < -0.4 is 18.9 Å². The lowest BCUT2D eigenvalue weighted by molar-refractivity contribution is -0.0792. The van der Waals surface area contributed by atoms with Gasteiger partial charge in [-0.1, -0.05) is 0 Å². The van der Waals surface area contributed by atoms with Crippen LogP contribution in [0.4, 0.5) is 0 Å². The summed E-state index contributed by atoms with van der Waals surface area (Å²) in [5.74, 6) is 1.49. The molecule has 0 aliphatic rings. The highest BCUT2D eigenvalue weighted by molar-refractivity contribution is 5.79. The molecule has 0 amide bonds. The molecule has 0 bridgehead atoms. The van der Waals surface area contributed by atoms with Crippen molar-refractivity contribution in [2.24, 2.45) is 0 Å². The van der Waals surface area contributed by atoms with Crippen LogP contribution in [0, 0.1) is 0 Å². The number of hydrogen-bond acceptors (Lipinski definition) is 9. The number of carbonyl (C=O) groups excluding carboxylic acids is 1. The molecule has 0 radical (unpaired) electrons. The van der Waals surface area contributed by atoms with E-state index in [4.69, 9.17) is 28.4 Å². The van der Waals surface area contributed by atoms with Crippen LogP contribution in [0.1, 0.15) is 10.4 Å². The summed E-state index contributed by atoms with van der Waals surface area (Å²) in [6.07, 6.45) is 2.77. The Morgan fingerprint density at radius 1 is 1.08 bits per heavy atom. The van der Waals surface area contributed by atoms with Crippen molar-refractivity contribution in [3.05, 3.63) is 36.2 Å². The smallest absolute Gasteiger partial charge is 0.234 e. The first kappa shape index (κ1) is 19.4. The van der Waals surface area contributed by atoms with Crippen LogP contribution in [-0.4, -0.2) is 57.3 Å². The molecule has 0 saturated heterocycles. The minimum atomic E-state index is -0.768. The molecule has 140 valence electrons. The highest BCUT2D eigenvalue weighted by Crippen LogP contribution is 2.21. The molecule has 2 heterocycles. The molecule has 0 aliphatic carbocycles. The van der Waals surface area contributed by atoms with Gasteiger partial charge >= 0.3 is 0 Å². The molecule has 2 rings (SSSR count). The van der Waals surface area contributed by atoms with Crippen molar-refractivity contribution in [3.63, 3.8) is 0 Å². The van der Waals surface area contributed by atoms with Gasteiger partial charge in [-0.05, 0) is 6.07 Å². The van der Waals surface area contributed by atoms with Gasteiger partial charge in [0.25, 0.3) is 0 Å². The largest absolute Gasteiger partial charge is 0.481 e. The van der Waals surface area contributed by atoms with Crippen LogP contribution in [0.3, 0.4) is 0 Å². The summed E-state index contributed by atoms with van der Waals surface area (Å²) < 4.78 is 31.4. The monoisotopic (exact) mass is 364 g/mol. The minimum absolute atomic E-state index is 0.0477. The van der Waals surface area contributed by atoms with Gasteiger partial charge in [0.05, 0.1) is 25.1 Å².